The maximum atomic E-state index is 6.37. The summed E-state index contributed by atoms with van der Waals surface area (Å²) in [4.78, 5) is 9.73. The molecule has 0 saturated carbocycles. The highest BCUT2D eigenvalue weighted by molar-refractivity contribution is 5.81. The van der Waals surface area contributed by atoms with Crippen LogP contribution in [0.3, 0.4) is 0 Å². The van der Waals surface area contributed by atoms with Gasteiger partial charge in [0.25, 0.3) is 0 Å². The van der Waals surface area contributed by atoms with Crippen LogP contribution in [0.5, 0.6) is 0 Å². The van der Waals surface area contributed by atoms with Crippen LogP contribution in [0.1, 0.15) is 30.0 Å². The fourth-order valence-corrected chi connectivity index (χ4v) is 4.92. The van der Waals surface area contributed by atoms with Crippen LogP contribution in [0, 0.1) is 0 Å². The molecule has 2 aliphatic rings. The van der Waals surface area contributed by atoms with E-state index >= 15 is 0 Å². The van der Waals surface area contributed by atoms with Crippen LogP contribution in [0.15, 0.2) is 66.9 Å². The lowest BCUT2D eigenvalue weighted by molar-refractivity contribution is -0.0858. The average molecular weight is 388 g/mol. The molecule has 2 aliphatic heterocycles. The van der Waals surface area contributed by atoms with Gasteiger partial charge in [-0.15, -0.1) is 0 Å². The van der Waals surface area contributed by atoms with E-state index in [2.05, 4.69) is 75.4 Å². The Kier molecular flexibility index (Phi) is 5.57. The fraction of sp³-hybridized carbons (Fsp3) is 0.400. The van der Waals surface area contributed by atoms with Crippen LogP contribution in [-0.2, 0) is 11.3 Å². The van der Waals surface area contributed by atoms with Crippen molar-refractivity contribution in [3.63, 3.8) is 0 Å². The number of nitrogens with zero attached hydrogens (tertiary/aromatic N) is 3. The molecule has 0 aliphatic carbocycles. The van der Waals surface area contributed by atoms with Gasteiger partial charge in [-0.3, -0.25) is 9.88 Å². The maximum absolute atomic E-state index is 6.37. The van der Waals surface area contributed by atoms with Crippen molar-refractivity contribution in [2.75, 3.05) is 32.8 Å². The summed E-state index contributed by atoms with van der Waals surface area (Å²) in [6, 6.07) is 21.8. The van der Waals surface area contributed by atoms with E-state index in [0.29, 0.717) is 0 Å². The number of hydrogen-bond donors (Lipinski definition) is 0. The van der Waals surface area contributed by atoms with Gasteiger partial charge in [-0.05, 0) is 49.2 Å². The summed E-state index contributed by atoms with van der Waals surface area (Å²) >= 11 is 0. The van der Waals surface area contributed by atoms with Gasteiger partial charge < -0.3 is 9.64 Å². The third-order valence-electron chi connectivity index (χ3n) is 6.35. The molecular weight excluding hydrogens is 358 g/mol. The third kappa shape index (κ3) is 4.06. The molecule has 2 aromatic carbocycles. The third-order valence-corrected chi connectivity index (χ3v) is 6.35. The number of hydrogen-bond acceptors (Lipinski definition) is 4. The molecule has 0 N–H and O–H groups in total. The zero-order valence-corrected chi connectivity index (χ0v) is 16.9. The summed E-state index contributed by atoms with van der Waals surface area (Å²) in [5.74, 6) is 0. The second kappa shape index (κ2) is 8.62. The minimum absolute atomic E-state index is 0.206. The zero-order valence-electron chi connectivity index (χ0n) is 16.9. The molecule has 4 nitrogen and oxygen atoms in total. The van der Waals surface area contributed by atoms with Crippen molar-refractivity contribution in [3.8, 4) is 0 Å². The Balaban J connectivity index is 1.46. The first kappa shape index (κ1) is 18.7. The Bertz CT molecular complexity index is 934. The maximum Gasteiger partial charge on any atom is 0.0899 e. The molecule has 0 unspecified atom stereocenters. The molecule has 5 rings (SSSR count). The van der Waals surface area contributed by atoms with Gasteiger partial charge in [0.15, 0.2) is 0 Å². The van der Waals surface area contributed by atoms with E-state index in [0.717, 1.165) is 31.8 Å². The standard InChI is InChI=1S/C25H29N3O/c1-2-8-20(9-3-1)25-24(19-27-14-6-7-15-27)29-17-16-28(25)18-21-12-13-26-23-11-5-4-10-22(21)23/h1-5,8-13,24-25H,6-7,14-19H2/t24-,25-/m0/s1. The molecule has 3 heterocycles. The molecule has 2 saturated heterocycles. The second-order valence-corrected chi connectivity index (χ2v) is 8.23. The second-order valence-electron chi connectivity index (χ2n) is 8.23. The number of para-hydroxylation sites is 1. The summed E-state index contributed by atoms with van der Waals surface area (Å²) in [6.07, 6.45) is 4.78. The van der Waals surface area contributed by atoms with Crippen LogP contribution < -0.4 is 0 Å². The molecule has 0 bridgehead atoms. The summed E-state index contributed by atoms with van der Waals surface area (Å²) in [7, 11) is 0. The predicted molar refractivity (Wildman–Crippen MR) is 117 cm³/mol. The first-order valence-corrected chi connectivity index (χ1v) is 10.8. The van der Waals surface area contributed by atoms with Crippen molar-refractivity contribution in [2.45, 2.75) is 31.5 Å². The van der Waals surface area contributed by atoms with E-state index in [9.17, 15) is 0 Å². The number of rotatable bonds is 5. The molecule has 0 spiro atoms. The monoisotopic (exact) mass is 387 g/mol. The molecule has 1 aromatic heterocycles. The number of aromatic nitrogens is 1. The Labute approximate surface area is 173 Å². The number of likely N-dealkylation sites (tertiary alicyclic amines) is 1. The van der Waals surface area contributed by atoms with Gasteiger partial charge in [-0.25, -0.2) is 0 Å². The van der Waals surface area contributed by atoms with Gasteiger partial charge in [-0.1, -0.05) is 48.5 Å². The summed E-state index contributed by atoms with van der Waals surface area (Å²) in [5.41, 5.74) is 3.77. The lowest BCUT2D eigenvalue weighted by atomic mass is 9.96. The molecule has 2 atom stereocenters. The quantitative estimate of drug-likeness (QED) is 0.654. The highest BCUT2D eigenvalue weighted by Crippen LogP contribution is 2.33. The van der Waals surface area contributed by atoms with Crippen LogP contribution in [0.2, 0.25) is 0 Å². The van der Waals surface area contributed by atoms with Crippen LogP contribution in [0.25, 0.3) is 10.9 Å². The normalized spacial score (nSPS) is 23.6. The van der Waals surface area contributed by atoms with E-state index < -0.39 is 0 Å². The number of fused-ring (bicyclic) bond motifs is 1. The highest BCUT2D eigenvalue weighted by Gasteiger charge is 2.35. The number of pyridine rings is 1. The Morgan fingerprint density at radius 2 is 1.69 bits per heavy atom. The largest absolute Gasteiger partial charge is 0.374 e. The fourth-order valence-electron chi connectivity index (χ4n) is 4.92. The average Bonchev–Trinajstić information content (AvgIpc) is 3.28. The van der Waals surface area contributed by atoms with Crippen molar-refractivity contribution >= 4 is 10.9 Å². The van der Waals surface area contributed by atoms with E-state index in [4.69, 9.17) is 4.74 Å². The van der Waals surface area contributed by atoms with Gasteiger partial charge in [0.2, 0.25) is 0 Å². The van der Waals surface area contributed by atoms with E-state index in [1.807, 2.05) is 6.20 Å². The van der Waals surface area contributed by atoms with Crippen molar-refractivity contribution in [2.24, 2.45) is 0 Å². The molecule has 0 amide bonds. The summed E-state index contributed by atoms with van der Waals surface area (Å²) in [6.45, 7) is 6.10. The Hall–Kier alpha value is -2.27. The van der Waals surface area contributed by atoms with Crippen molar-refractivity contribution in [1.82, 2.24) is 14.8 Å². The Morgan fingerprint density at radius 3 is 2.55 bits per heavy atom. The first-order chi connectivity index (χ1) is 14.4. The van der Waals surface area contributed by atoms with Crippen LogP contribution in [0.4, 0.5) is 0 Å². The minimum Gasteiger partial charge on any atom is -0.374 e. The minimum atomic E-state index is 0.206. The SMILES string of the molecule is c1ccc([C@H]2[C@H](CN3CCCC3)OCCN2Cc2ccnc3ccccc23)cc1. The lowest BCUT2D eigenvalue weighted by Gasteiger charge is -2.43. The van der Waals surface area contributed by atoms with E-state index in [1.54, 1.807) is 0 Å². The molecule has 0 radical (unpaired) electrons. The van der Waals surface area contributed by atoms with Gasteiger partial charge >= 0.3 is 0 Å². The van der Waals surface area contributed by atoms with Gasteiger partial charge in [0.1, 0.15) is 0 Å². The molecule has 2 fully saturated rings. The van der Waals surface area contributed by atoms with Crippen LogP contribution >= 0.6 is 0 Å². The Morgan fingerprint density at radius 1 is 0.897 bits per heavy atom. The van der Waals surface area contributed by atoms with Crippen LogP contribution in [-0.4, -0.2) is 53.7 Å². The predicted octanol–water partition coefficient (Wildman–Crippen LogP) is 4.27. The molecule has 29 heavy (non-hydrogen) atoms. The van der Waals surface area contributed by atoms with E-state index in [-0.39, 0.29) is 12.1 Å². The number of benzene rings is 2. The van der Waals surface area contributed by atoms with Gasteiger partial charge in [0, 0.05) is 31.2 Å². The molecule has 4 heteroatoms. The zero-order chi connectivity index (χ0) is 19.5. The molecule has 3 aromatic rings. The van der Waals surface area contributed by atoms with Gasteiger partial charge in [-0.2, -0.15) is 0 Å². The van der Waals surface area contributed by atoms with Crippen molar-refractivity contribution < 1.29 is 4.74 Å². The summed E-state index contributed by atoms with van der Waals surface area (Å²) in [5, 5.41) is 1.25. The van der Waals surface area contributed by atoms with Crippen molar-refractivity contribution in [1.29, 1.82) is 0 Å². The van der Waals surface area contributed by atoms with E-state index in [1.165, 1.54) is 42.4 Å². The smallest absolute Gasteiger partial charge is 0.0899 e. The summed E-state index contributed by atoms with van der Waals surface area (Å²) < 4.78 is 6.37. The lowest BCUT2D eigenvalue weighted by Crippen LogP contribution is -2.49. The molecular formula is C25H29N3O. The topological polar surface area (TPSA) is 28.6 Å². The molecule has 150 valence electrons. The first-order valence-electron chi connectivity index (χ1n) is 10.8. The number of morpholine rings is 1. The van der Waals surface area contributed by atoms with Gasteiger partial charge in [0.05, 0.1) is 24.3 Å². The highest BCUT2D eigenvalue weighted by atomic mass is 16.5. The van der Waals surface area contributed by atoms with Crippen molar-refractivity contribution in [3.05, 3.63) is 78.0 Å². The number of ether oxygens (including phenoxy) is 1.